The van der Waals surface area contributed by atoms with E-state index >= 15 is 0 Å². The molecule has 5 nitrogen and oxygen atoms in total. The zero-order chi connectivity index (χ0) is 13.7. The molecule has 6 heteroatoms. The van der Waals surface area contributed by atoms with Crippen LogP contribution in [-0.2, 0) is 4.74 Å². The molecule has 1 aromatic rings. The fourth-order valence-electron chi connectivity index (χ4n) is 1.50. The third kappa shape index (κ3) is 3.44. The topological polar surface area (TPSA) is 87.0 Å². The molecule has 0 spiro atoms. The van der Waals surface area contributed by atoms with E-state index in [1.54, 1.807) is 0 Å². The number of methoxy groups -OCH3 is 1. The second-order valence-corrected chi connectivity index (χ2v) is 4.55. The number of carbonyl (C=O) groups is 1. The van der Waals surface area contributed by atoms with Gasteiger partial charge in [-0.1, -0.05) is 22.0 Å². The summed E-state index contributed by atoms with van der Waals surface area (Å²) in [5.41, 5.74) is 0.307. The predicted molar refractivity (Wildman–Crippen MR) is 68.8 cm³/mol. The van der Waals surface area contributed by atoms with Crippen LogP contribution in [0.5, 0.6) is 5.75 Å². The molecule has 0 amide bonds. The second kappa shape index (κ2) is 6.72. The SMILES string of the molecule is COC(=O)c1cc(C(O)C(O)CCBr)ccc1O. The Hall–Kier alpha value is -1.11. The van der Waals surface area contributed by atoms with Gasteiger partial charge in [-0.15, -0.1) is 0 Å². The molecular weight excluding hydrogens is 304 g/mol. The highest BCUT2D eigenvalue weighted by atomic mass is 79.9. The van der Waals surface area contributed by atoms with Crippen molar-refractivity contribution in [2.45, 2.75) is 18.6 Å². The number of phenols is 1. The highest BCUT2D eigenvalue weighted by molar-refractivity contribution is 9.09. The number of aliphatic hydroxyl groups excluding tert-OH is 2. The first-order valence-electron chi connectivity index (χ1n) is 5.34. The van der Waals surface area contributed by atoms with Gasteiger partial charge in [0.1, 0.15) is 17.4 Å². The lowest BCUT2D eigenvalue weighted by atomic mass is 10.00. The van der Waals surface area contributed by atoms with Crippen LogP contribution in [0.15, 0.2) is 18.2 Å². The van der Waals surface area contributed by atoms with Gasteiger partial charge >= 0.3 is 5.97 Å². The summed E-state index contributed by atoms with van der Waals surface area (Å²) in [5.74, 6) is -0.927. The van der Waals surface area contributed by atoms with E-state index in [2.05, 4.69) is 20.7 Å². The number of hydrogen-bond donors (Lipinski definition) is 3. The third-order valence-electron chi connectivity index (χ3n) is 2.54. The molecule has 1 aromatic carbocycles. The van der Waals surface area contributed by atoms with Crippen LogP contribution in [0.2, 0.25) is 0 Å². The largest absolute Gasteiger partial charge is 0.507 e. The Labute approximate surface area is 113 Å². The van der Waals surface area contributed by atoms with Crippen LogP contribution >= 0.6 is 15.9 Å². The van der Waals surface area contributed by atoms with Crippen molar-refractivity contribution in [3.8, 4) is 5.75 Å². The van der Waals surface area contributed by atoms with E-state index in [-0.39, 0.29) is 11.3 Å². The quantitative estimate of drug-likeness (QED) is 0.563. The molecule has 0 heterocycles. The monoisotopic (exact) mass is 318 g/mol. The molecule has 0 radical (unpaired) electrons. The van der Waals surface area contributed by atoms with E-state index in [0.717, 1.165) is 0 Å². The Morgan fingerprint density at radius 3 is 2.67 bits per heavy atom. The number of benzene rings is 1. The van der Waals surface area contributed by atoms with Crippen molar-refractivity contribution < 1.29 is 24.9 Å². The first kappa shape index (κ1) is 14.9. The summed E-state index contributed by atoms with van der Waals surface area (Å²) in [5, 5.41) is 29.6. The average Bonchev–Trinajstić information content (AvgIpc) is 2.38. The van der Waals surface area contributed by atoms with Crippen molar-refractivity contribution in [1.29, 1.82) is 0 Å². The van der Waals surface area contributed by atoms with E-state index < -0.39 is 18.2 Å². The molecule has 0 fully saturated rings. The van der Waals surface area contributed by atoms with E-state index in [4.69, 9.17) is 0 Å². The molecule has 0 saturated heterocycles. The maximum Gasteiger partial charge on any atom is 0.341 e. The summed E-state index contributed by atoms with van der Waals surface area (Å²) in [6.45, 7) is 0. The predicted octanol–water partition coefficient (Wildman–Crippen LogP) is 1.36. The number of rotatable bonds is 5. The fraction of sp³-hybridized carbons (Fsp3) is 0.417. The van der Waals surface area contributed by atoms with Crippen molar-refractivity contribution >= 4 is 21.9 Å². The van der Waals surface area contributed by atoms with Gasteiger partial charge in [0, 0.05) is 5.33 Å². The highest BCUT2D eigenvalue weighted by Gasteiger charge is 2.20. The van der Waals surface area contributed by atoms with Crippen molar-refractivity contribution in [2.75, 3.05) is 12.4 Å². The fourth-order valence-corrected chi connectivity index (χ4v) is 1.97. The van der Waals surface area contributed by atoms with Crippen LogP contribution in [0.25, 0.3) is 0 Å². The Morgan fingerprint density at radius 1 is 1.44 bits per heavy atom. The van der Waals surface area contributed by atoms with Crippen molar-refractivity contribution in [1.82, 2.24) is 0 Å². The molecule has 0 bridgehead atoms. The molecule has 0 aliphatic carbocycles. The lowest BCUT2D eigenvalue weighted by molar-refractivity contribution is 0.0172. The Morgan fingerprint density at radius 2 is 2.11 bits per heavy atom. The van der Waals surface area contributed by atoms with Crippen LogP contribution < -0.4 is 0 Å². The van der Waals surface area contributed by atoms with Gasteiger partial charge in [0.25, 0.3) is 0 Å². The number of alkyl halides is 1. The minimum atomic E-state index is -1.12. The van der Waals surface area contributed by atoms with E-state index in [9.17, 15) is 20.1 Å². The minimum absolute atomic E-state index is 0.0416. The van der Waals surface area contributed by atoms with E-state index in [1.807, 2.05) is 0 Å². The standard InChI is InChI=1S/C12H15BrO5/c1-18-12(17)8-6-7(2-3-9(8)14)11(16)10(15)4-5-13/h2-3,6,10-11,14-16H,4-5H2,1H3. The number of phenolic OH excluding ortho intramolecular Hbond substituents is 1. The van der Waals surface area contributed by atoms with Gasteiger partial charge in [-0.25, -0.2) is 4.79 Å². The number of ether oxygens (including phenoxy) is 1. The maximum atomic E-state index is 11.4. The van der Waals surface area contributed by atoms with Gasteiger partial charge in [-0.3, -0.25) is 0 Å². The summed E-state index contributed by atoms with van der Waals surface area (Å²) in [6, 6.07) is 4.04. The molecule has 0 saturated carbocycles. The lowest BCUT2D eigenvalue weighted by Gasteiger charge is -2.18. The average molecular weight is 319 g/mol. The van der Waals surface area contributed by atoms with Crippen molar-refractivity contribution in [3.05, 3.63) is 29.3 Å². The van der Waals surface area contributed by atoms with E-state index in [1.165, 1.54) is 25.3 Å². The zero-order valence-electron chi connectivity index (χ0n) is 9.84. The molecule has 3 N–H and O–H groups in total. The summed E-state index contributed by atoms with van der Waals surface area (Å²) in [4.78, 5) is 11.4. The first-order chi connectivity index (χ1) is 8.51. The number of aliphatic hydroxyl groups is 2. The number of halogens is 1. The maximum absolute atomic E-state index is 11.4. The van der Waals surface area contributed by atoms with Crippen LogP contribution in [0.4, 0.5) is 0 Å². The van der Waals surface area contributed by atoms with Gasteiger partial charge in [0.2, 0.25) is 0 Å². The molecule has 18 heavy (non-hydrogen) atoms. The van der Waals surface area contributed by atoms with Gasteiger partial charge in [0.15, 0.2) is 0 Å². The normalized spacial score (nSPS) is 14.0. The summed E-state index contributed by atoms with van der Waals surface area (Å²) >= 11 is 3.17. The third-order valence-corrected chi connectivity index (χ3v) is 2.99. The van der Waals surface area contributed by atoms with Gasteiger partial charge < -0.3 is 20.1 Å². The molecule has 0 aliphatic heterocycles. The van der Waals surface area contributed by atoms with Crippen LogP contribution in [-0.4, -0.2) is 39.8 Å². The molecule has 2 atom stereocenters. The van der Waals surface area contributed by atoms with Gasteiger partial charge in [0.05, 0.1) is 13.2 Å². The van der Waals surface area contributed by atoms with Crippen molar-refractivity contribution in [2.24, 2.45) is 0 Å². The smallest absolute Gasteiger partial charge is 0.341 e. The number of hydrogen-bond acceptors (Lipinski definition) is 5. The van der Waals surface area contributed by atoms with Gasteiger partial charge in [-0.2, -0.15) is 0 Å². The van der Waals surface area contributed by atoms with Crippen molar-refractivity contribution in [3.63, 3.8) is 0 Å². The molecule has 0 aromatic heterocycles. The number of aromatic hydroxyl groups is 1. The molecule has 2 unspecified atom stereocenters. The molecule has 1 rings (SSSR count). The first-order valence-corrected chi connectivity index (χ1v) is 6.46. The Balaban J connectivity index is 3.00. The Bertz CT molecular complexity index is 421. The number of carbonyl (C=O) groups excluding carboxylic acids is 1. The second-order valence-electron chi connectivity index (χ2n) is 3.76. The van der Waals surface area contributed by atoms with Crippen LogP contribution in [0.1, 0.15) is 28.4 Å². The minimum Gasteiger partial charge on any atom is -0.507 e. The summed E-state index contributed by atoms with van der Waals surface area (Å²) in [6.07, 6.45) is -1.69. The molecular formula is C12H15BrO5. The summed E-state index contributed by atoms with van der Waals surface area (Å²) < 4.78 is 4.51. The zero-order valence-corrected chi connectivity index (χ0v) is 11.4. The lowest BCUT2D eigenvalue weighted by Crippen LogP contribution is -2.19. The molecule has 100 valence electrons. The Kier molecular flexibility index (Phi) is 5.58. The summed E-state index contributed by atoms with van der Waals surface area (Å²) in [7, 11) is 1.20. The highest BCUT2D eigenvalue weighted by Crippen LogP contribution is 2.25. The van der Waals surface area contributed by atoms with Crippen LogP contribution in [0.3, 0.4) is 0 Å². The number of esters is 1. The van der Waals surface area contributed by atoms with Gasteiger partial charge in [-0.05, 0) is 24.1 Å². The molecule has 0 aliphatic rings. The van der Waals surface area contributed by atoms with E-state index in [0.29, 0.717) is 17.3 Å². The van der Waals surface area contributed by atoms with Crippen LogP contribution in [0, 0.1) is 0 Å².